The molecule has 0 bridgehead atoms. The number of benzene rings is 2. The maximum absolute atomic E-state index is 12.6. The number of hydrogen-bond acceptors (Lipinski definition) is 7. The third-order valence-electron chi connectivity index (χ3n) is 6.97. The second-order valence-electron chi connectivity index (χ2n) is 9.65. The van der Waals surface area contributed by atoms with Crippen molar-refractivity contribution in [1.29, 1.82) is 0 Å². The molecule has 2 aliphatic heterocycles. The molecule has 8 heteroatoms. The van der Waals surface area contributed by atoms with E-state index in [4.69, 9.17) is 4.74 Å². The second-order valence-corrected chi connectivity index (χ2v) is 11.2. The summed E-state index contributed by atoms with van der Waals surface area (Å²) < 4.78 is 5.45. The van der Waals surface area contributed by atoms with Crippen molar-refractivity contribution in [2.45, 2.75) is 36.5 Å². The molecular weight excluding hydrogens is 472 g/mol. The number of anilines is 1. The SMILES string of the molecule is CC(CCC(=O)NCc1ccccc1N1CCN(CCN2CCOCC2)CC1)Sc1ccc(O)cc1. The number of rotatable bonds is 11. The molecule has 2 N–H and O–H groups in total. The lowest BCUT2D eigenvalue weighted by Crippen LogP contribution is -2.49. The summed E-state index contributed by atoms with van der Waals surface area (Å²) in [5.41, 5.74) is 2.42. The first-order chi connectivity index (χ1) is 17.6. The summed E-state index contributed by atoms with van der Waals surface area (Å²) in [6.45, 7) is 12.9. The standard InChI is InChI=1S/C28H40N4O3S/c1-23(36-26-9-7-25(33)8-10-26)6-11-28(34)29-22-24-4-2-3-5-27(24)32-16-14-30(15-17-32)12-13-31-18-20-35-21-19-31/h2-5,7-10,23,33H,6,11-22H2,1H3,(H,29,34). The van der Waals surface area contributed by atoms with Gasteiger partial charge in [0.2, 0.25) is 5.91 Å². The zero-order valence-corrected chi connectivity index (χ0v) is 22.2. The topological polar surface area (TPSA) is 68.3 Å². The van der Waals surface area contributed by atoms with Crippen molar-refractivity contribution in [2.24, 2.45) is 0 Å². The van der Waals surface area contributed by atoms with Gasteiger partial charge in [0.15, 0.2) is 0 Å². The van der Waals surface area contributed by atoms with E-state index in [1.165, 1.54) is 11.3 Å². The molecule has 0 radical (unpaired) electrons. The quantitative estimate of drug-likeness (QED) is 0.447. The lowest BCUT2D eigenvalue weighted by molar-refractivity contribution is -0.121. The van der Waals surface area contributed by atoms with Gasteiger partial charge in [-0.2, -0.15) is 0 Å². The van der Waals surface area contributed by atoms with Gasteiger partial charge in [0, 0.05) is 81.2 Å². The minimum Gasteiger partial charge on any atom is -0.508 e. The fraction of sp³-hybridized carbons (Fsp3) is 0.536. The van der Waals surface area contributed by atoms with E-state index in [0.29, 0.717) is 18.2 Å². The Morgan fingerprint density at radius 3 is 2.36 bits per heavy atom. The average Bonchev–Trinajstić information content (AvgIpc) is 2.92. The fourth-order valence-electron chi connectivity index (χ4n) is 4.72. The number of nitrogens with one attached hydrogen (secondary N) is 1. The molecule has 7 nitrogen and oxygen atoms in total. The minimum atomic E-state index is 0.0934. The van der Waals surface area contributed by atoms with E-state index in [2.05, 4.69) is 51.2 Å². The van der Waals surface area contributed by atoms with Gasteiger partial charge in [-0.3, -0.25) is 14.6 Å². The van der Waals surface area contributed by atoms with Crippen LogP contribution in [-0.2, 0) is 16.1 Å². The Morgan fingerprint density at radius 2 is 1.64 bits per heavy atom. The summed E-state index contributed by atoms with van der Waals surface area (Å²) in [7, 11) is 0. The summed E-state index contributed by atoms with van der Waals surface area (Å²) in [4.78, 5) is 21.2. The van der Waals surface area contributed by atoms with Crippen molar-refractivity contribution in [3.05, 3.63) is 54.1 Å². The summed E-state index contributed by atoms with van der Waals surface area (Å²) >= 11 is 1.73. The molecule has 2 fully saturated rings. The largest absolute Gasteiger partial charge is 0.508 e. The van der Waals surface area contributed by atoms with E-state index in [-0.39, 0.29) is 11.7 Å². The molecule has 0 saturated carbocycles. The van der Waals surface area contributed by atoms with E-state index >= 15 is 0 Å². The molecule has 2 aliphatic rings. The van der Waals surface area contributed by atoms with Crippen molar-refractivity contribution < 1.29 is 14.6 Å². The Morgan fingerprint density at radius 1 is 0.972 bits per heavy atom. The first-order valence-electron chi connectivity index (χ1n) is 13.1. The van der Waals surface area contributed by atoms with Crippen LogP contribution < -0.4 is 10.2 Å². The van der Waals surface area contributed by atoms with Crippen LogP contribution in [0, 0.1) is 0 Å². The van der Waals surface area contributed by atoms with Gasteiger partial charge in [0.05, 0.1) is 13.2 Å². The summed E-state index contributed by atoms with van der Waals surface area (Å²) in [5, 5.41) is 12.9. The average molecular weight is 513 g/mol. The number of para-hydroxylation sites is 1. The first kappa shape index (κ1) is 26.8. The Hall–Kier alpha value is -2.26. The van der Waals surface area contributed by atoms with Gasteiger partial charge in [0.25, 0.3) is 0 Å². The molecule has 2 saturated heterocycles. The second kappa shape index (κ2) is 13.9. The van der Waals surface area contributed by atoms with E-state index in [0.717, 1.165) is 76.9 Å². The molecule has 1 unspecified atom stereocenters. The third-order valence-corrected chi connectivity index (χ3v) is 8.15. The summed E-state index contributed by atoms with van der Waals surface area (Å²) in [5.74, 6) is 0.369. The van der Waals surface area contributed by atoms with Crippen LogP contribution in [0.15, 0.2) is 53.4 Å². The molecule has 36 heavy (non-hydrogen) atoms. The van der Waals surface area contributed by atoms with Gasteiger partial charge >= 0.3 is 0 Å². The molecule has 0 aliphatic carbocycles. The predicted octanol–water partition coefficient (Wildman–Crippen LogP) is 3.42. The molecule has 2 aromatic rings. The van der Waals surface area contributed by atoms with Gasteiger partial charge in [-0.1, -0.05) is 25.1 Å². The Kier molecular flexibility index (Phi) is 10.3. The number of piperazine rings is 1. The van der Waals surface area contributed by atoms with Gasteiger partial charge in [-0.25, -0.2) is 0 Å². The number of nitrogens with zero attached hydrogens (tertiary/aromatic N) is 3. The lowest BCUT2D eigenvalue weighted by atomic mass is 10.1. The van der Waals surface area contributed by atoms with Crippen molar-refractivity contribution in [2.75, 3.05) is 70.5 Å². The smallest absolute Gasteiger partial charge is 0.220 e. The third kappa shape index (κ3) is 8.40. The number of morpholine rings is 1. The van der Waals surface area contributed by atoms with E-state index in [1.54, 1.807) is 23.9 Å². The number of phenols is 1. The maximum Gasteiger partial charge on any atom is 0.220 e. The molecular formula is C28H40N4O3S. The minimum absolute atomic E-state index is 0.0934. The predicted molar refractivity (Wildman–Crippen MR) is 147 cm³/mol. The highest BCUT2D eigenvalue weighted by atomic mass is 32.2. The van der Waals surface area contributed by atoms with Crippen molar-refractivity contribution in [1.82, 2.24) is 15.1 Å². The van der Waals surface area contributed by atoms with Gasteiger partial charge < -0.3 is 20.1 Å². The monoisotopic (exact) mass is 512 g/mol. The van der Waals surface area contributed by atoms with E-state index in [9.17, 15) is 9.90 Å². The zero-order chi connectivity index (χ0) is 25.2. The van der Waals surface area contributed by atoms with Crippen LogP contribution in [0.2, 0.25) is 0 Å². The van der Waals surface area contributed by atoms with Gasteiger partial charge in [-0.05, 0) is 42.3 Å². The number of carbonyl (C=O) groups excluding carboxylic acids is 1. The van der Waals surface area contributed by atoms with E-state index in [1.807, 2.05) is 12.1 Å². The molecule has 4 rings (SSSR count). The number of amides is 1. The molecule has 1 amide bonds. The molecule has 0 spiro atoms. The van der Waals surface area contributed by atoms with Crippen LogP contribution in [-0.4, -0.2) is 91.6 Å². The number of phenolic OH excluding ortho intramolecular Hbond substituents is 1. The molecule has 196 valence electrons. The van der Waals surface area contributed by atoms with Crippen molar-refractivity contribution in [3.8, 4) is 5.75 Å². The number of aromatic hydroxyl groups is 1. The molecule has 2 aromatic carbocycles. The summed E-state index contributed by atoms with van der Waals surface area (Å²) in [6, 6.07) is 15.7. The van der Waals surface area contributed by atoms with Gasteiger partial charge in [0.1, 0.15) is 5.75 Å². The van der Waals surface area contributed by atoms with Crippen LogP contribution in [0.4, 0.5) is 5.69 Å². The molecule has 1 atom stereocenters. The number of carbonyl (C=O) groups is 1. The van der Waals surface area contributed by atoms with Gasteiger partial charge in [-0.15, -0.1) is 11.8 Å². The summed E-state index contributed by atoms with van der Waals surface area (Å²) in [6.07, 6.45) is 1.32. The van der Waals surface area contributed by atoms with Crippen molar-refractivity contribution in [3.63, 3.8) is 0 Å². The Labute approximate surface area is 219 Å². The highest BCUT2D eigenvalue weighted by molar-refractivity contribution is 7.99. The van der Waals surface area contributed by atoms with E-state index < -0.39 is 0 Å². The van der Waals surface area contributed by atoms with Crippen LogP contribution in [0.5, 0.6) is 5.75 Å². The zero-order valence-electron chi connectivity index (χ0n) is 21.4. The van der Waals surface area contributed by atoms with Crippen molar-refractivity contribution >= 4 is 23.4 Å². The lowest BCUT2D eigenvalue weighted by Gasteiger charge is -2.38. The highest BCUT2D eigenvalue weighted by Gasteiger charge is 2.20. The molecule has 2 heterocycles. The number of hydrogen-bond donors (Lipinski definition) is 2. The maximum atomic E-state index is 12.6. The Bertz CT molecular complexity index is 944. The van der Waals surface area contributed by atoms with Crippen LogP contribution in [0.25, 0.3) is 0 Å². The highest BCUT2D eigenvalue weighted by Crippen LogP contribution is 2.27. The fourth-order valence-corrected chi connectivity index (χ4v) is 5.71. The first-order valence-corrected chi connectivity index (χ1v) is 14.0. The number of ether oxygens (including phenoxy) is 1. The normalized spacial score (nSPS) is 18.2. The Balaban J connectivity index is 1.18. The van der Waals surface area contributed by atoms with Crippen LogP contribution in [0.3, 0.4) is 0 Å². The molecule has 0 aromatic heterocycles. The van der Waals surface area contributed by atoms with Crippen LogP contribution in [0.1, 0.15) is 25.3 Å². The van der Waals surface area contributed by atoms with Crippen LogP contribution >= 0.6 is 11.8 Å². The number of thioether (sulfide) groups is 1.